The van der Waals surface area contributed by atoms with E-state index in [2.05, 4.69) is 27.9 Å². The molecule has 7 heteroatoms. The van der Waals surface area contributed by atoms with Gasteiger partial charge in [-0.15, -0.1) is 11.3 Å². The van der Waals surface area contributed by atoms with Gasteiger partial charge >= 0.3 is 0 Å². The van der Waals surface area contributed by atoms with Crippen LogP contribution in [0.5, 0.6) is 0 Å². The van der Waals surface area contributed by atoms with Crippen LogP contribution in [-0.2, 0) is 4.79 Å². The van der Waals surface area contributed by atoms with Crippen molar-refractivity contribution in [2.75, 3.05) is 11.1 Å². The second kappa shape index (κ2) is 4.83. The van der Waals surface area contributed by atoms with Gasteiger partial charge in [0.05, 0.1) is 20.4 Å². The molecule has 0 saturated carbocycles. The van der Waals surface area contributed by atoms with E-state index in [-0.39, 0.29) is 5.91 Å². The van der Waals surface area contributed by atoms with Crippen molar-refractivity contribution in [1.29, 1.82) is 0 Å². The van der Waals surface area contributed by atoms with Gasteiger partial charge in [0.2, 0.25) is 5.91 Å². The van der Waals surface area contributed by atoms with Gasteiger partial charge in [-0.05, 0) is 17.9 Å². The van der Waals surface area contributed by atoms with Gasteiger partial charge in [0.1, 0.15) is 5.52 Å². The first kappa shape index (κ1) is 11.9. The molecule has 1 aromatic carbocycles. The lowest BCUT2D eigenvalue weighted by Gasteiger charge is -1.97. The molecule has 1 N–H and O–H groups in total. The highest BCUT2D eigenvalue weighted by Crippen LogP contribution is 2.33. The molecule has 2 heterocycles. The van der Waals surface area contributed by atoms with Gasteiger partial charge in [0.25, 0.3) is 0 Å². The molecule has 0 aliphatic carbocycles. The van der Waals surface area contributed by atoms with Crippen molar-refractivity contribution in [3.8, 4) is 0 Å². The minimum Gasteiger partial charge on any atom is -0.302 e. The number of carbonyl (C=O) groups excluding carboxylic acids is 1. The molecule has 3 aromatic rings. The fraction of sp³-hybridized carbons (Fsp3) is 0.182. The smallest absolute Gasteiger partial charge is 0.226 e. The van der Waals surface area contributed by atoms with Crippen molar-refractivity contribution in [1.82, 2.24) is 9.97 Å². The highest BCUT2D eigenvalue weighted by atomic mass is 32.1. The van der Waals surface area contributed by atoms with Gasteiger partial charge in [-0.3, -0.25) is 4.79 Å². The van der Waals surface area contributed by atoms with E-state index in [0.717, 1.165) is 20.4 Å². The molecule has 4 nitrogen and oxygen atoms in total. The molecule has 0 radical (unpaired) electrons. The van der Waals surface area contributed by atoms with Crippen LogP contribution in [0, 0.1) is 0 Å². The van der Waals surface area contributed by atoms with Crippen molar-refractivity contribution < 1.29 is 4.79 Å². The van der Waals surface area contributed by atoms with Crippen LogP contribution in [0.15, 0.2) is 17.6 Å². The summed E-state index contributed by atoms with van der Waals surface area (Å²) in [5, 5.41) is 3.41. The average molecular weight is 295 g/mol. The summed E-state index contributed by atoms with van der Waals surface area (Å²) in [6.07, 6.45) is 0.394. The third kappa shape index (κ3) is 2.09. The standard InChI is InChI=1S/C11H9N3OS3/c15-8(3-4-16)14-11-13-6-1-2-7-9(10(6)18-11)12-5-17-7/h1-2,5,16H,3-4H2,(H,13,14,15). The number of amides is 1. The highest BCUT2D eigenvalue weighted by molar-refractivity contribution is 7.80. The van der Waals surface area contributed by atoms with Gasteiger partial charge in [-0.25, -0.2) is 9.97 Å². The SMILES string of the molecule is O=C(CCS)Nc1nc2ccc3scnc3c2s1. The number of fused-ring (bicyclic) bond motifs is 3. The molecular formula is C11H9N3OS3. The minimum atomic E-state index is -0.0569. The number of thiazole rings is 2. The Bertz CT molecular complexity index is 719. The van der Waals surface area contributed by atoms with Crippen LogP contribution in [0.4, 0.5) is 5.13 Å². The summed E-state index contributed by atoms with van der Waals surface area (Å²) in [4.78, 5) is 20.2. The van der Waals surface area contributed by atoms with Crippen LogP contribution in [-0.4, -0.2) is 21.6 Å². The van der Waals surface area contributed by atoms with E-state index < -0.39 is 0 Å². The van der Waals surface area contributed by atoms with Crippen LogP contribution < -0.4 is 5.32 Å². The largest absolute Gasteiger partial charge is 0.302 e. The average Bonchev–Trinajstić information content (AvgIpc) is 2.92. The molecule has 92 valence electrons. The van der Waals surface area contributed by atoms with Crippen LogP contribution in [0.1, 0.15) is 6.42 Å². The number of carbonyl (C=O) groups is 1. The molecule has 0 saturated heterocycles. The van der Waals surface area contributed by atoms with E-state index >= 15 is 0 Å². The molecule has 0 fully saturated rings. The monoisotopic (exact) mass is 295 g/mol. The van der Waals surface area contributed by atoms with Gasteiger partial charge in [0, 0.05) is 6.42 Å². The maximum absolute atomic E-state index is 11.5. The first-order chi connectivity index (χ1) is 8.78. The Balaban J connectivity index is 2.02. The van der Waals surface area contributed by atoms with E-state index in [1.165, 1.54) is 11.3 Å². The number of hydrogen-bond donors (Lipinski definition) is 2. The molecule has 2 aromatic heterocycles. The molecule has 0 aliphatic heterocycles. The second-order valence-electron chi connectivity index (χ2n) is 3.65. The van der Waals surface area contributed by atoms with Crippen LogP contribution in [0.3, 0.4) is 0 Å². The Labute approximate surface area is 116 Å². The number of nitrogens with zero attached hydrogens (tertiary/aromatic N) is 2. The fourth-order valence-corrected chi connectivity index (χ4v) is 3.58. The van der Waals surface area contributed by atoms with E-state index in [4.69, 9.17) is 0 Å². The summed E-state index contributed by atoms with van der Waals surface area (Å²) < 4.78 is 2.16. The maximum atomic E-state index is 11.5. The zero-order chi connectivity index (χ0) is 12.5. The first-order valence-corrected chi connectivity index (χ1v) is 7.64. The van der Waals surface area contributed by atoms with Gasteiger partial charge in [-0.2, -0.15) is 12.6 Å². The highest BCUT2D eigenvalue weighted by Gasteiger charge is 2.11. The second-order valence-corrected chi connectivity index (χ2v) is 5.99. The number of hydrogen-bond acceptors (Lipinski definition) is 6. The summed E-state index contributed by atoms with van der Waals surface area (Å²) in [6.45, 7) is 0. The maximum Gasteiger partial charge on any atom is 0.226 e. The molecule has 0 unspecified atom stereocenters. The van der Waals surface area contributed by atoms with Crippen molar-refractivity contribution in [2.24, 2.45) is 0 Å². The summed E-state index contributed by atoms with van der Waals surface area (Å²) in [6, 6.07) is 3.97. The zero-order valence-corrected chi connectivity index (χ0v) is 11.7. The predicted molar refractivity (Wildman–Crippen MR) is 79.9 cm³/mol. The van der Waals surface area contributed by atoms with Crippen molar-refractivity contribution in [2.45, 2.75) is 6.42 Å². The minimum absolute atomic E-state index is 0.0569. The molecule has 1 amide bonds. The zero-order valence-electron chi connectivity index (χ0n) is 9.21. The van der Waals surface area contributed by atoms with E-state index in [1.54, 1.807) is 11.3 Å². The van der Waals surface area contributed by atoms with Crippen molar-refractivity contribution in [3.63, 3.8) is 0 Å². The Kier molecular flexibility index (Phi) is 3.19. The quantitative estimate of drug-likeness (QED) is 0.730. The Morgan fingerprint density at radius 2 is 2.33 bits per heavy atom. The first-order valence-electron chi connectivity index (χ1n) is 5.31. The number of rotatable bonds is 3. The van der Waals surface area contributed by atoms with Gasteiger partial charge < -0.3 is 5.32 Å². The van der Waals surface area contributed by atoms with Crippen LogP contribution in [0.2, 0.25) is 0 Å². The van der Waals surface area contributed by atoms with Gasteiger partial charge in [-0.1, -0.05) is 11.3 Å². The van der Waals surface area contributed by atoms with Crippen LogP contribution >= 0.6 is 35.3 Å². The number of anilines is 1. The summed E-state index contributed by atoms with van der Waals surface area (Å²) in [7, 11) is 0. The lowest BCUT2D eigenvalue weighted by molar-refractivity contribution is -0.115. The fourth-order valence-electron chi connectivity index (χ4n) is 1.65. The third-order valence-electron chi connectivity index (χ3n) is 2.44. The Morgan fingerprint density at radius 1 is 1.44 bits per heavy atom. The number of benzene rings is 1. The molecule has 0 spiro atoms. The Hall–Kier alpha value is -1.18. The summed E-state index contributed by atoms with van der Waals surface area (Å²) in [5.41, 5.74) is 3.66. The van der Waals surface area contributed by atoms with E-state index in [1.807, 2.05) is 17.6 Å². The van der Waals surface area contributed by atoms with E-state index in [0.29, 0.717) is 17.3 Å². The van der Waals surface area contributed by atoms with Crippen molar-refractivity contribution >= 4 is 66.8 Å². The third-order valence-corrected chi connectivity index (χ3v) is 4.45. The summed E-state index contributed by atoms with van der Waals surface area (Å²) in [5.74, 6) is 0.478. The molecule has 0 atom stereocenters. The predicted octanol–water partition coefficient (Wildman–Crippen LogP) is 3.16. The lowest BCUT2D eigenvalue weighted by atomic mass is 10.3. The molecule has 0 aliphatic rings. The lowest BCUT2D eigenvalue weighted by Crippen LogP contribution is -2.11. The number of aromatic nitrogens is 2. The van der Waals surface area contributed by atoms with E-state index in [9.17, 15) is 4.79 Å². The normalized spacial score (nSPS) is 11.2. The van der Waals surface area contributed by atoms with Gasteiger partial charge in [0.15, 0.2) is 5.13 Å². The molecule has 0 bridgehead atoms. The number of thiol groups is 1. The molecule has 18 heavy (non-hydrogen) atoms. The van der Waals surface area contributed by atoms with Crippen molar-refractivity contribution in [3.05, 3.63) is 17.6 Å². The molecule has 3 rings (SSSR count). The number of nitrogens with one attached hydrogen (secondary N) is 1. The van der Waals surface area contributed by atoms with Crippen LogP contribution in [0.25, 0.3) is 20.4 Å². The Morgan fingerprint density at radius 3 is 3.17 bits per heavy atom. The molecular weight excluding hydrogens is 286 g/mol. The topological polar surface area (TPSA) is 54.9 Å². The summed E-state index contributed by atoms with van der Waals surface area (Å²) >= 11 is 7.10.